The first kappa shape index (κ1) is 35.3. The lowest BCUT2D eigenvalue weighted by atomic mass is 10.2. The van der Waals surface area contributed by atoms with E-state index in [0.717, 1.165) is 17.1 Å². The minimum Gasteiger partial charge on any atom is -0.484 e. The lowest BCUT2D eigenvalue weighted by molar-refractivity contribution is -0.396. The highest BCUT2D eigenvalue weighted by Gasteiger charge is 2.32. The summed E-state index contributed by atoms with van der Waals surface area (Å²) in [5, 5.41) is 28.2. The topological polar surface area (TPSA) is 234 Å². The van der Waals surface area contributed by atoms with Crippen LogP contribution in [-0.2, 0) is 53.7 Å². The van der Waals surface area contributed by atoms with Gasteiger partial charge in [-0.1, -0.05) is 18.0 Å². The Morgan fingerprint density at radius 1 is 1.09 bits per heavy atom. The average Bonchev–Trinajstić information content (AvgIpc) is 3.58. The molecule has 0 aliphatic carbocycles. The number of imidazole rings is 1. The van der Waals surface area contributed by atoms with Gasteiger partial charge in [-0.25, -0.2) is 9.47 Å². The summed E-state index contributed by atoms with van der Waals surface area (Å²) in [6.07, 6.45) is 2.54. The van der Waals surface area contributed by atoms with Gasteiger partial charge in [0.05, 0.1) is 45.7 Å². The largest absolute Gasteiger partial charge is 0.484 e. The van der Waals surface area contributed by atoms with Gasteiger partial charge in [0.25, 0.3) is 11.8 Å². The number of carbonyl (C=O) groups is 5. The van der Waals surface area contributed by atoms with Gasteiger partial charge >= 0.3 is 5.95 Å². The van der Waals surface area contributed by atoms with Crippen molar-refractivity contribution in [3.05, 3.63) is 57.9 Å². The van der Waals surface area contributed by atoms with Crippen molar-refractivity contribution in [2.75, 3.05) is 38.2 Å². The Morgan fingerprint density at radius 2 is 1.83 bits per heavy atom. The number of nitrogens with one attached hydrogen (secondary N) is 3. The van der Waals surface area contributed by atoms with Crippen molar-refractivity contribution in [3.8, 4) is 5.75 Å². The molecule has 18 nitrogen and oxygen atoms in total. The number of amides is 5. The third kappa shape index (κ3) is 10.2. The Hall–Kier alpha value is -5.20. The predicted octanol–water partition coefficient (Wildman–Crippen LogP) is -0.345. The molecule has 0 bridgehead atoms. The molecule has 46 heavy (non-hydrogen) atoms. The number of aliphatic hydroxyl groups excluding tert-OH is 1. The second kappa shape index (κ2) is 17.3. The van der Waals surface area contributed by atoms with Crippen LogP contribution in [0.2, 0.25) is 0 Å². The standard InChI is InChI=1S/C28H35N7O11/c1-3-22(37)29-9-11-45-27(34-25(40)6-7-26(34)41)17-44-10-8-23(38)30-14-24(39)32-20-12-18(15-36)4-5-21(20)46-16-19-13-31-28(33(19)2)35(42)43/h4-7,12-13,27,36H,3,8-11,14-17H2,1-2H3,(H,29,37)(H,30,38)(H,32,39). The van der Waals surface area contributed by atoms with E-state index in [2.05, 4.69) is 20.9 Å². The number of carbonyl (C=O) groups excluding carboxylic acids is 5. The summed E-state index contributed by atoms with van der Waals surface area (Å²) in [6, 6.07) is 4.57. The number of imide groups is 1. The molecule has 1 unspecified atom stereocenters. The Kier molecular flexibility index (Phi) is 13.3. The molecule has 1 aromatic carbocycles. The van der Waals surface area contributed by atoms with Crippen LogP contribution in [-0.4, -0.2) is 93.2 Å². The number of benzene rings is 1. The average molecular weight is 646 g/mol. The first-order chi connectivity index (χ1) is 22.0. The summed E-state index contributed by atoms with van der Waals surface area (Å²) < 4.78 is 18.1. The zero-order valence-electron chi connectivity index (χ0n) is 25.2. The Bertz CT molecular complexity index is 1460. The highest BCUT2D eigenvalue weighted by Crippen LogP contribution is 2.27. The summed E-state index contributed by atoms with van der Waals surface area (Å²) in [5.41, 5.74) is 1.08. The summed E-state index contributed by atoms with van der Waals surface area (Å²) in [5.74, 6) is -2.63. The molecule has 248 valence electrons. The number of aromatic nitrogens is 2. The Morgan fingerprint density at radius 3 is 2.48 bits per heavy atom. The van der Waals surface area contributed by atoms with Gasteiger partial charge in [0.15, 0.2) is 11.9 Å². The fourth-order valence-electron chi connectivity index (χ4n) is 4.00. The minimum atomic E-state index is -1.08. The van der Waals surface area contributed by atoms with E-state index in [4.69, 9.17) is 14.2 Å². The highest BCUT2D eigenvalue weighted by atomic mass is 16.6. The summed E-state index contributed by atoms with van der Waals surface area (Å²) in [6.45, 7) is 0.677. The maximum atomic E-state index is 12.6. The molecule has 5 amide bonds. The van der Waals surface area contributed by atoms with E-state index in [-0.39, 0.29) is 69.3 Å². The molecule has 18 heteroatoms. The van der Waals surface area contributed by atoms with E-state index in [1.165, 1.54) is 29.9 Å². The third-order valence-corrected chi connectivity index (χ3v) is 6.47. The summed E-state index contributed by atoms with van der Waals surface area (Å²) in [7, 11) is 1.46. The van der Waals surface area contributed by atoms with Crippen LogP contribution >= 0.6 is 0 Å². The number of hydrogen-bond donors (Lipinski definition) is 4. The van der Waals surface area contributed by atoms with Gasteiger partial charge in [0, 0.05) is 31.5 Å². The fourth-order valence-corrected chi connectivity index (χ4v) is 4.00. The van der Waals surface area contributed by atoms with Gasteiger partial charge in [0.2, 0.25) is 17.7 Å². The quantitative estimate of drug-likeness (QED) is 0.0665. The molecule has 1 aromatic heterocycles. The van der Waals surface area contributed by atoms with E-state index in [1.54, 1.807) is 13.0 Å². The lowest BCUT2D eigenvalue weighted by Gasteiger charge is -2.26. The van der Waals surface area contributed by atoms with E-state index in [1.807, 2.05) is 0 Å². The molecule has 1 atom stereocenters. The van der Waals surface area contributed by atoms with Crippen LogP contribution in [0.15, 0.2) is 36.5 Å². The van der Waals surface area contributed by atoms with Crippen LogP contribution in [0.3, 0.4) is 0 Å². The maximum absolute atomic E-state index is 12.6. The lowest BCUT2D eigenvalue weighted by Crippen LogP contribution is -2.45. The molecule has 4 N–H and O–H groups in total. The van der Waals surface area contributed by atoms with Crippen molar-refractivity contribution in [3.63, 3.8) is 0 Å². The van der Waals surface area contributed by atoms with Crippen molar-refractivity contribution in [2.45, 2.75) is 39.2 Å². The van der Waals surface area contributed by atoms with Crippen molar-refractivity contribution >= 4 is 41.2 Å². The van der Waals surface area contributed by atoms with Gasteiger partial charge < -0.3 is 45.4 Å². The van der Waals surface area contributed by atoms with Gasteiger partial charge in [-0.05, 0) is 22.6 Å². The molecule has 2 aromatic rings. The maximum Gasteiger partial charge on any atom is 0.434 e. The number of nitrogens with zero attached hydrogens (tertiary/aromatic N) is 4. The van der Waals surface area contributed by atoms with E-state index >= 15 is 0 Å². The summed E-state index contributed by atoms with van der Waals surface area (Å²) in [4.78, 5) is 75.5. The van der Waals surface area contributed by atoms with Crippen molar-refractivity contribution in [2.24, 2.45) is 7.05 Å². The second-order valence-corrected chi connectivity index (χ2v) is 9.70. The normalized spacial score (nSPS) is 13.1. The molecule has 0 saturated heterocycles. The molecule has 2 heterocycles. The van der Waals surface area contributed by atoms with Crippen molar-refractivity contribution in [1.82, 2.24) is 25.1 Å². The number of ether oxygens (including phenoxy) is 3. The highest BCUT2D eigenvalue weighted by molar-refractivity contribution is 6.13. The molecule has 1 aliphatic heterocycles. The molecule has 3 rings (SSSR count). The number of aliphatic hydroxyl groups is 1. The molecule has 0 spiro atoms. The zero-order valence-corrected chi connectivity index (χ0v) is 25.2. The van der Waals surface area contributed by atoms with Crippen LogP contribution in [0.1, 0.15) is 31.0 Å². The predicted molar refractivity (Wildman–Crippen MR) is 158 cm³/mol. The van der Waals surface area contributed by atoms with Gasteiger partial charge in [-0.15, -0.1) is 0 Å². The second-order valence-electron chi connectivity index (χ2n) is 9.70. The van der Waals surface area contributed by atoms with Crippen LogP contribution in [0, 0.1) is 10.1 Å². The van der Waals surface area contributed by atoms with E-state index < -0.39 is 41.3 Å². The van der Waals surface area contributed by atoms with Crippen molar-refractivity contribution in [1.29, 1.82) is 0 Å². The van der Waals surface area contributed by atoms with Gasteiger partial charge in [-0.2, -0.15) is 0 Å². The molecule has 0 saturated carbocycles. The summed E-state index contributed by atoms with van der Waals surface area (Å²) >= 11 is 0. The molecule has 1 aliphatic rings. The smallest absolute Gasteiger partial charge is 0.434 e. The van der Waals surface area contributed by atoms with Crippen LogP contribution in [0.5, 0.6) is 5.75 Å². The van der Waals surface area contributed by atoms with Crippen LogP contribution < -0.4 is 20.7 Å². The van der Waals surface area contributed by atoms with Crippen molar-refractivity contribution < 1.29 is 48.2 Å². The van der Waals surface area contributed by atoms with E-state index in [0.29, 0.717) is 17.7 Å². The number of hydrogen-bond acceptors (Lipinski definition) is 12. The van der Waals surface area contributed by atoms with E-state index in [9.17, 15) is 39.2 Å². The first-order valence-corrected chi connectivity index (χ1v) is 14.1. The fraction of sp³-hybridized carbons (Fsp3) is 0.429. The minimum absolute atomic E-state index is 0.00620. The number of rotatable bonds is 19. The molecular weight excluding hydrogens is 610 g/mol. The number of nitro groups is 1. The van der Waals surface area contributed by atoms with Gasteiger partial charge in [-0.3, -0.25) is 24.0 Å². The van der Waals surface area contributed by atoms with Gasteiger partial charge in [0.1, 0.15) is 18.6 Å². The number of anilines is 1. The zero-order chi connectivity index (χ0) is 33.6. The van der Waals surface area contributed by atoms with Crippen LogP contribution in [0.4, 0.5) is 11.6 Å². The Balaban J connectivity index is 1.46. The van der Waals surface area contributed by atoms with Crippen LogP contribution in [0.25, 0.3) is 0 Å². The first-order valence-electron chi connectivity index (χ1n) is 14.1. The Labute approximate surface area is 262 Å². The third-order valence-electron chi connectivity index (χ3n) is 6.47. The monoisotopic (exact) mass is 645 g/mol. The SMILES string of the molecule is CCC(=O)NCCOC(COCCC(=O)NCC(=O)Nc1cc(CO)ccc1OCc1cnc([N+](=O)[O-])n1C)N1C(=O)C=CC1=O. The molecule has 0 fully saturated rings. The molecular formula is C28H35N7O11. The molecule has 0 radical (unpaired) electrons.